The van der Waals surface area contributed by atoms with Crippen LogP contribution in [0.2, 0.25) is 0 Å². The summed E-state index contributed by atoms with van der Waals surface area (Å²) >= 11 is 0. The van der Waals surface area contributed by atoms with Crippen LogP contribution in [0.25, 0.3) is 11.0 Å². The molecule has 0 aliphatic rings. The van der Waals surface area contributed by atoms with Gasteiger partial charge in [0.15, 0.2) is 0 Å². The second-order valence-corrected chi connectivity index (χ2v) is 10.3. The molecule has 1 heterocycles. The summed E-state index contributed by atoms with van der Waals surface area (Å²) in [4.78, 5) is 25.1. The van der Waals surface area contributed by atoms with Gasteiger partial charge in [-0.1, -0.05) is 38.5 Å². The number of aryl methyl sites for hydroxylation is 3. The minimum Gasteiger partial charge on any atom is -0.425 e. The molecule has 1 atom stereocenters. The number of carbonyl (C=O) groups is 1. The molecule has 0 aliphatic carbocycles. The van der Waals surface area contributed by atoms with Crippen molar-refractivity contribution in [1.29, 1.82) is 0 Å². The molecular weight excluding hydrogens is 442 g/mol. The SMILES string of the molecule is CCc1cc(=O)oc2c(C)c(OC(=O)C(CC(C)C)NS(=O)(=O)c3ccc(C)cc3)ccc12. The van der Waals surface area contributed by atoms with Crippen molar-refractivity contribution in [3.63, 3.8) is 0 Å². The number of hydrogen-bond acceptors (Lipinski definition) is 6. The van der Waals surface area contributed by atoms with E-state index in [4.69, 9.17) is 9.15 Å². The van der Waals surface area contributed by atoms with Gasteiger partial charge >= 0.3 is 11.6 Å². The molecule has 0 aliphatic heterocycles. The van der Waals surface area contributed by atoms with Gasteiger partial charge in [-0.2, -0.15) is 4.72 Å². The van der Waals surface area contributed by atoms with Crippen molar-refractivity contribution in [2.45, 2.75) is 58.4 Å². The van der Waals surface area contributed by atoms with E-state index in [1.807, 2.05) is 27.7 Å². The fourth-order valence-electron chi connectivity index (χ4n) is 3.63. The van der Waals surface area contributed by atoms with Crippen LogP contribution in [-0.2, 0) is 21.2 Å². The summed E-state index contributed by atoms with van der Waals surface area (Å²) in [6.07, 6.45) is 0.906. The Hall–Kier alpha value is -2.97. The van der Waals surface area contributed by atoms with E-state index in [1.165, 1.54) is 18.2 Å². The van der Waals surface area contributed by atoms with Crippen molar-refractivity contribution in [3.8, 4) is 5.75 Å². The van der Waals surface area contributed by atoms with Crippen LogP contribution < -0.4 is 15.1 Å². The minimum atomic E-state index is -3.93. The van der Waals surface area contributed by atoms with Gasteiger partial charge in [-0.15, -0.1) is 0 Å². The van der Waals surface area contributed by atoms with E-state index in [0.717, 1.165) is 16.5 Å². The fourth-order valence-corrected chi connectivity index (χ4v) is 4.82. The number of sulfonamides is 1. The average molecular weight is 472 g/mol. The average Bonchev–Trinajstić information content (AvgIpc) is 2.74. The summed E-state index contributed by atoms with van der Waals surface area (Å²) in [5.41, 5.74) is 2.14. The molecule has 3 aromatic rings. The molecule has 0 spiro atoms. The van der Waals surface area contributed by atoms with Gasteiger partial charge in [0.2, 0.25) is 10.0 Å². The highest BCUT2D eigenvalue weighted by Gasteiger charge is 2.29. The minimum absolute atomic E-state index is 0.0334. The molecule has 1 unspecified atom stereocenters. The van der Waals surface area contributed by atoms with E-state index < -0.39 is 27.7 Å². The van der Waals surface area contributed by atoms with E-state index in [1.54, 1.807) is 31.2 Å². The summed E-state index contributed by atoms with van der Waals surface area (Å²) in [5.74, 6) is -0.478. The van der Waals surface area contributed by atoms with Crippen LogP contribution in [-0.4, -0.2) is 20.4 Å². The van der Waals surface area contributed by atoms with Crippen molar-refractivity contribution >= 4 is 27.0 Å². The molecule has 0 amide bonds. The fraction of sp³-hybridized carbons (Fsp3) is 0.360. The molecule has 0 fully saturated rings. The number of esters is 1. The third-order valence-electron chi connectivity index (χ3n) is 5.41. The highest BCUT2D eigenvalue weighted by molar-refractivity contribution is 7.89. The van der Waals surface area contributed by atoms with Gasteiger partial charge in [-0.3, -0.25) is 0 Å². The molecule has 7 nitrogen and oxygen atoms in total. The summed E-state index contributed by atoms with van der Waals surface area (Å²) in [7, 11) is -3.93. The van der Waals surface area contributed by atoms with Gasteiger partial charge < -0.3 is 9.15 Å². The number of ether oxygens (including phenoxy) is 1. The van der Waals surface area contributed by atoms with Gasteiger partial charge in [0.1, 0.15) is 17.4 Å². The van der Waals surface area contributed by atoms with Crippen LogP contribution >= 0.6 is 0 Å². The lowest BCUT2D eigenvalue weighted by atomic mass is 10.0. The van der Waals surface area contributed by atoms with E-state index in [0.29, 0.717) is 17.6 Å². The van der Waals surface area contributed by atoms with Crippen LogP contribution in [0.1, 0.15) is 43.9 Å². The summed E-state index contributed by atoms with van der Waals surface area (Å²) in [5, 5.41) is 0.771. The lowest BCUT2D eigenvalue weighted by molar-refractivity contribution is -0.136. The Labute approximate surface area is 193 Å². The van der Waals surface area contributed by atoms with Crippen LogP contribution in [0.3, 0.4) is 0 Å². The molecule has 3 rings (SSSR count). The molecule has 1 aromatic heterocycles. The standard InChI is InChI=1S/C25H29NO6S/c1-6-18-14-23(27)32-24-17(5)22(12-11-20(18)24)31-25(28)21(13-15(2)3)26-33(29,30)19-9-7-16(4)8-10-19/h7-12,14-15,21,26H,6,13H2,1-5H3. The Kier molecular flexibility index (Phi) is 7.39. The van der Waals surface area contributed by atoms with E-state index >= 15 is 0 Å². The van der Waals surface area contributed by atoms with Gasteiger partial charge in [0.25, 0.3) is 0 Å². The van der Waals surface area contributed by atoms with E-state index in [9.17, 15) is 18.0 Å². The van der Waals surface area contributed by atoms with Crippen LogP contribution in [0, 0.1) is 19.8 Å². The van der Waals surface area contributed by atoms with Gasteiger partial charge in [0, 0.05) is 17.0 Å². The summed E-state index contributed by atoms with van der Waals surface area (Å²) in [6.45, 7) is 9.28. The Morgan fingerprint density at radius 3 is 2.36 bits per heavy atom. The maximum absolute atomic E-state index is 13.0. The summed E-state index contributed by atoms with van der Waals surface area (Å²) < 4.78 is 39.2. The molecule has 0 radical (unpaired) electrons. The number of nitrogens with one attached hydrogen (secondary N) is 1. The quantitative estimate of drug-likeness (QED) is 0.299. The monoisotopic (exact) mass is 471 g/mol. The molecule has 176 valence electrons. The molecule has 1 N–H and O–H groups in total. The lowest BCUT2D eigenvalue weighted by Crippen LogP contribution is -2.43. The molecule has 0 saturated heterocycles. The number of carbonyl (C=O) groups excluding carboxylic acids is 1. The smallest absolute Gasteiger partial charge is 0.336 e. The second kappa shape index (κ2) is 9.89. The molecule has 8 heteroatoms. The maximum atomic E-state index is 13.0. The number of fused-ring (bicyclic) bond motifs is 1. The molecule has 2 aromatic carbocycles. The van der Waals surface area contributed by atoms with Crippen molar-refractivity contribution < 1.29 is 22.4 Å². The molecule has 33 heavy (non-hydrogen) atoms. The third-order valence-corrected chi connectivity index (χ3v) is 6.90. The Bertz CT molecular complexity index is 1320. The number of benzene rings is 2. The van der Waals surface area contributed by atoms with Crippen LogP contribution in [0.4, 0.5) is 0 Å². The molecule has 0 saturated carbocycles. The van der Waals surface area contributed by atoms with Gasteiger partial charge in [-0.25, -0.2) is 18.0 Å². The van der Waals surface area contributed by atoms with Gasteiger partial charge in [-0.05, 0) is 62.4 Å². The van der Waals surface area contributed by atoms with Gasteiger partial charge in [0.05, 0.1) is 4.90 Å². The van der Waals surface area contributed by atoms with Crippen LogP contribution in [0.15, 0.2) is 56.6 Å². The largest absolute Gasteiger partial charge is 0.425 e. The predicted molar refractivity (Wildman–Crippen MR) is 127 cm³/mol. The highest BCUT2D eigenvalue weighted by Crippen LogP contribution is 2.29. The first-order valence-electron chi connectivity index (χ1n) is 10.9. The zero-order valence-electron chi connectivity index (χ0n) is 19.5. The van der Waals surface area contributed by atoms with Crippen molar-refractivity contribution in [3.05, 3.63) is 69.6 Å². The molecular formula is C25H29NO6S. The Morgan fingerprint density at radius 1 is 1.09 bits per heavy atom. The van der Waals surface area contributed by atoms with Crippen molar-refractivity contribution in [2.24, 2.45) is 5.92 Å². The first-order chi connectivity index (χ1) is 15.5. The second-order valence-electron chi connectivity index (χ2n) is 8.55. The third kappa shape index (κ3) is 5.69. The Morgan fingerprint density at radius 2 is 1.76 bits per heavy atom. The normalized spacial score (nSPS) is 12.8. The highest BCUT2D eigenvalue weighted by atomic mass is 32.2. The number of rotatable bonds is 8. The van der Waals surface area contributed by atoms with E-state index in [-0.39, 0.29) is 23.0 Å². The predicted octanol–water partition coefficient (Wildman–Crippen LogP) is 4.27. The van der Waals surface area contributed by atoms with Crippen LogP contribution in [0.5, 0.6) is 5.75 Å². The first kappa shape index (κ1) is 24.7. The van der Waals surface area contributed by atoms with Crippen molar-refractivity contribution in [1.82, 2.24) is 4.72 Å². The topological polar surface area (TPSA) is 103 Å². The van der Waals surface area contributed by atoms with Crippen molar-refractivity contribution in [2.75, 3.05) is 0 Å². The van der Waals surface area contributed by atoms with E-state index in [2.05, 4.69) is 4.72 Å². The Balaban J connectivity index is 1.91. The lowest BCUT2D eigenvalue weighted by Gasteiger charge is -2.20. The zero-order chi connectivity index (χ0) is 24.3. The summed E-state index contributed by atoms with van der Waals surface area (Å²) in [6, 6.07) is 10.1. The maximum Gasteiger partial charge on any atom is 0.336 e. The zero-order valence-corrected chi connectivity index (χ0v) is 20.3. The number of hydrogen-bond donors (Lipinski definition) is 1. The molecule has 0 bridgehead atoms. The first-order valence-corrected chi connectivity index (χ1v) is 12.4.